The van der Waals surface area contributed by atoms with Crippen molar-refractivity contribution in [1.82, 2.24) is 14.9 Å². The van der Waals surface area contributed by atoms with Gasteiger partial charge >= 0.3 is 5.97 Å². The van der Waals surface area contributed by atoms with Crippen LogP contribution in [-0.4, -0.2) is 44.9 Å². The van der Waals surface area contributed by atoms with E-state index in [1.165, 1.54) is 12.1 Å². The van der Waals surface area contributed by atoms with Gasteiger partial charge in [0.2, 0.25) is 0 Å². The van der Waals surface area contributed by atoms with Gasteiger partial charge in [0.15, 0.2) is 0 Å². The summed E-state index contributed by atoms with van der Waals surface area (Å²) in [6, 6.07) is 8.53. The quantitative estimate of drug-likeness (QED) is 0.290. The normalized spacial score (nSPS) is 14.8. The summed E-state index contributed by atoms with van der Waals surface area (Å²) >= 11 is 0. The zero-order valence-corrected chi connectivity index (χ0v) is 20.8. The zero-order chi connectivity index (χ0) is 25.8. The first-order valence-electron chi connectivity index (χ1n) is 12.7. The number of likely N-dealkylation sites (tertiary alicyclic amines) is 1. The summed E-state index contributed by atoms with van der Waals surface area (Å²) in [6.07, 6.45) is 8.47. The van der Waals surface area contributed by atoms with Crippen molar-refractivity contribution in [2.45, 2.75) is 39.0 Å². The number of carbonyl (C=O) groups is 2. The highest BCUT2D eigenvalue weighted by Crippen LogP contribution is 2.45. The van der Waals surface area contributed by atoms with Gasteiger partial charge in [-0.2, -0.15) is 0 Å². The van der Waals surface area contributed by atoms with Crippen LogP contribution in [0.15, 0.2) is 42.6 Å². The Morgan fingerprint density at radius 2 is 1.86 bits per heavy atom. The van der Waals surface area contributed by atoms with Gasteiger partial charge < -0.3 is 20.0 Å². The number of aromatic nitrogens is 2. The Balaban J connectivity index is 1.64. The van der Waals surface area contributed by atoms with Crippen LogP contribution in [0, 0.1) is 5.82 Å². The van der Waals surface area contributed by atoms with E-state index in [0.29, 0.717) is 34.3 Å². The second kappa shape index (κ2) is 8.76. The van der Waals surface area contributed by atoms with Crippen molar-refractivity contribution in [3.63, 3.8) is 0 Å². The largest absolute Gasteiger partial charge is 0.477 e. The predicted molar refractivity (Wildman–Crippen MR) is 142 cm³/mol. The van der Waals surface area contributed by atoms with E-state index >= 15 is 0 Å². The van der Waals surface area contributed by atoms with Crippen LogP contribution in [0.2, 0.25) is 0 Å². The molecule has 0 saturated carbocycles. The lowest BCUT2D eigenvalue weighted by atomic mass is 9.86. The molecule has 0 bridgehead atoms. The van der Waals surface area contributed by atoms with E-state index in [1.54, 1.807) is 6.20 Å². The van der Waals surface area contributed by atoms with Crippen LogP contribution in [0.5, 0.6) is 0 Å². The molecule has 0 spiro atoms. The molecule has 4 aromatic rings. The average Bonchev–Trinajstić information content (AvgIpc) is 3.66. The van der Waals surface area contributed by atoms with Crippen molar-refractivity contribution in [2.75, 3.05) is 13.1 Å². The minimum Gasteiger partial charge on any atom is -0.477 e. The van der Waals surface area contributed by atoms with E-state index in [-0.39, 0.29) is 17.5 Å². The number of aromatic carboxylic acids is 1. The van der Waals surface area contributed by atoms with Gasteiger partial charge in [-0.1, -0.05) is 26.0 Å². The van der Waals surface area contributed by atoms with E-state index in [2.05, 4.69) is 9.97 Å². The van der Waals surface area contributed by atoms with Gasteiger partial charge in [-0.3, -0.25) is 4.79 Å². The maximum Gasteiger partial charge on any atom is 0.352 e. The highest BCUT2D eigenvalue weighted by atomic mass is 19.1. The van der Waals surface area contributed by atoms with Crippen LogP contribution in [0.3, 0.4) is 0 Å². The molecule has 1 fully saturated rings. The van der Waals surface area contributed by atoms with E-state index in [0.717, 1.165) is 53.6 Å². The van der Waals surface area contributed by atoms with Crippen LogP contribution < -0.4 is 0 Å². The second-order valence-electron chi connectivity index (χ2n) is 10.2. The number of rotatable bonds is 5. The molecule has 2 aromatic heterocycles. The first-order chi connectivity index (χ1) is 17.8. The molecular formula is C30H28FN3O3. The van der Waals surface area contributed by atoms with Crippen molar-refractivity contribution in [2.24, 2.45) is 0 Å². The molecule has 1 amide bonds. The first-order valence-corrected chi connectivity index (χ1v) is 12.7. The Morgan fingerprint density at radius 3 is 2.59 bits per heavy atom. The van der Waals surface area contributed by atoms with E-state index < -0.39 is 11.8 Å². The number of H-pyrrole nitrogens is 2. The Labute approximate surface area is 213 Å². The maximum atomic E-state index is 14.7. The predicted octanol–water partition coefficient (Wildman–Crippen LogP) is 6.60. The lowest BCUT2D eigenvalue weighted by molar-refractivity contribution is 0.0691. The molecule has 2 aromatic carbocycles. The van der Waals surface area contributed by atoms with E-state index in [1.807, 2.05) is 49.1 Å². The molecule has 6 rings (SSSR count). The molecule has 3 N–H and O–H groups in total. The molecule has 188 valence electrons. The molecule has 37 heavy (non-hydrogen) atoms. The minimum atomic E-state index is -1.10. The number of fused-ring (bicyclic) bond motifs is 2. The summed E-state index contributed by atoms with van der Waals surface area (Å²) in [7, 11) is 0. The summed E-state index contributed by atoms with van der Waals surface area (Å²) in [5.41, 5.74) is 6.45. The molecule has 2 aliphatic rings. The van der Waals surface area contributed by atoms with Crippen molar-refractivity contribution < 1.29 is 19.1 Å². The third-order valence-electron chi connectivity index (χ3n) is 7.53. The summed E-state index contributed by atoms with van der Waals surface area (Å²) in [5.74, 6) is -1.61. The highest BCUT2D eigenvalue weighted by molar-refractivity contribution is 6.05. The van der Waals surface area contributed by atoms with Gasteiger partial charge in [-0.15, -0.1) is 0 Å². The molecule has 3 heterocycles. The minimum absolute atomic E-state index is 0.0219. The number of halogens is 1. The van der Waals surface area contributed by atoms with Gasteiger partial charge in [-0.05, 0) is 77.8 Å². The van der Waals surface area contributed by atoms with Crippen LogP contribution >= 0.6 is 0 Å². The summed E-state index contributed by atoms with van der Waals surface area (Å²) in [5, 5.41) is 11.1. The number of carboxylic acids is 1. The van der Waals surface area contributed by atoms with Gasteiger partial charge in [0, 0.05) is 46.9 Å². The molecule has 0 radical (unpaired) electrons. The Morgan fingerprint density at radius 1 is 1.08 bits per heavy atom. The SMILES string of the molecule is CC(C)c1c(-c2cc(F)cc3[nH]ccc23)[nH]c(C(=O)O)c1-c1cc(C(=O)N2CCCC2)cc2c1C=CC2. The summed E-state index contributed by atoms with van der Waals surface area (Å²) in [6.45, 7) is 5.48. The van der Waals surface area contributed by atoms with Gasteiger partial charge in [0.25, 0.3) is 5.91 Å². The third-order valence-corrected chi connectivity index (χ3v) is 7.53. The molecule has 1 aliphatic carbocycles. The number of benzene rings is 2. The number of hydrogen-bond donors (Lipinski definition) is 3. The average molecular weight is 498 g/mol. The van der Waals surface area contributed by atoms with E-state index in [9.17, 15) is 19.1 Å². The molecule has 1 saturated heterocycles. The van der Waals surface area contributed by atoms with Gasteiger partial charge in [-0.25, -0.2) is 9.18 Å². The van der Waals surface area contributed by atoms with E-state index in [4.69, 9.17) is 0 Å². The number of amides is 1. The number of nitrogens with zero attached hydrogens (tertiary/aromatic N) is 1. The topological polar surface area (TPSA) is 89.2 Å². The number of carboxylic acid groups (broad SMARTS) is 1. The molecule has 0 unspecified atom stereocenters. The second-order valence-corrected chi connectivity index (χ2v) is 10.2. The van der Waals surface area contributed by atoms with Gasteiger partial charge in [0.05, 0.1) is 5.69 Å². The first kappa shape index (κ1) is 23.3. The number of hydrogen-bond acceptors (Lipinski definition) is 2. The lowest BCUT2D eigenvalue weighted by Crippen LogP contribution is -2.27. The smallest absolute Gasteiger partial charge is 0.352 e. The number of carbonyl (C=O) groups excluding carboxylic acids is 1. The summed E-state index contributed by atoms with van der Waals surface area (Å²) < 4.78 is 14.7. The molecular weight excluding hydrogens is 469 g/mol. The summed E-state index contributed by atoms with van der Waals surface area (Å²) in [4.78, 5) is 34.1. The number of allylic oxidation sites excluding steroid dienone is 1. The van der Waals surface area contributed by atoms with Gasteiger partial charge in [0.1, 0.15) is 11.5 Å². The van der Waals surface area contributed by atoms with Crippen molar-refractivity contribution in [1.29, 1.82) is 0 Å². The number of aromatic amines is 2. The third kappa shape index (κ3) is 3.77. The maximum absolute atomic E-state index is 14.7. The molecule has 6 nitrogen and oxygen atoms in total. The highest BCUT2D eigenvalue weighted by Gasteiger charge is 2.30. The van der Waals surface area contributed by atoms with Crippen LogP contribution in [0.25, 0.3) is 39.4 Å². The fraction of sp³-hybridized carbons (Fsp3) is 0.267. The fourth-order valence-corrected chi connectivity index (χ4v) is 5.90. The van der Waals surface area contributed by atoms with Crippen molar-refractivity contribution in [3.05, 3.63) is 76.4 Å². The van der Waals surface area contributed by atoms with Crippen LogP contribution in [-0.2, 0) is 6.42 Å². The Hall–Kier alpha value is -4.13. The lowest BCUT2D eigenvalue weighted by Gasteiger charge is -2.19. The standard InChI is InChI=1S/C30H28FN3O3/c1-16(2)25-26(22-13-18(12-17-6-5-7-20(17)22)29(35)34-10-3-4-11-34)28(30(36)37)33-27(25)23-14-19(31)15-24-21(23)8-9-32-24/h5,7-9,12-16,32-33H,3-4,6,10-11H2,1-2H3,(H,36,37). The number of nitrogens with one attached hydrogen (secondary N) is 2. The van der Waals surface area contributed by atoms with Crippen molar-refractivity contribution >= 4 is 28.9 Å². The Kier molecular flexibility index (Phi) is 5.51. The molecule has 1 aliphatic heterocycles. The molecule has 7 heteroatoms. The van der Waals surface area contributed by atoms with Crippen LogP contribution in [0.1, 0.15) is 70.1 Å². The zero-order valence-electron chi connectivity index (χ0n) is 20.8. The van der Waals surface area contributed by atoms with Crippen molar-refractivity contribution in [3.8, 4) is 22.4 Å². The molecule has 0 atom stereocenters. The Bertz CT molecular complexity index is 1600. The monoisotopic (exact) mass is 497 g/mol. The van der Waals surface area contributed by atoms with Crippen LogP contribution in [0.4, 0.5) is 4.39 Å². The fourth-order valence-electron chi connectivity index (χ4n) is 5.90.